The minimum atomic E-state index is -0.658. The minimum Gasteiger partial charge on any atom is -0.504 e. The van der Waals surface area contributed by atoms with E-state index in [-0.39, 0.29) is 17.4 Å². The lowest BCUT2D eigenvalue weighted by Gasteiger charge is -2.22. The number of benzene rings is 1. The van der Waals surface area contributed by atoms with Crippen molar-refractivity contribution in [3.05, 3.63) is 23.8 Å². The van der Waals surface area contributed by atoms with Crippen molar-refractivity contribution in [3.8, 4) is 11.5 Å². The van der Waals surface area contributed by atoms with Gasteiger partial charge in [0.1, 0.15) is 0 Å². The Morgan fingerprint density at radius 3 is 2.57 bits per heavy atom. The minimum absolute atomic E-state index is 0.145. The van der Waals surface area contributed by atoms with Gasteiger partial charge in [0.2, 0.25) is 0 Å². The molecule has 21 heavy (non-hydrogen) atoms. The highest BCUT2D eigenvalue weighted by atomic mass is 16.5. The van der Waals surface area contributed by atoms with Gasteiger partial charge in [-0.15, -0.1) is 0 Å². The molecule has 0 saturated carbocycles. The number of carbonyl (C=O) groups is 1. The van der Waals surface area contributed by atoms with E-state index in [4.69, 9.17) is 4.74 Å². The molecule has 0 aliphatic carbocycles. The maximum Gasteiger partial charge on any atom is 0.251 e. The zero-order valence-electron chi connectivity index (χ0n) is 12.8. The number of carbonyl (C=O) groups excluding carboxylic acids is 1. The Hall–Kier alpha value is -2.24. The van der Waals surface area contributed by atoms with Crippen molar-refractivity contribution in [2.24, 2.45) is 4.99 Å². The Labute approximate surface area is 124 Å². The van der Waals surface area contributed by atoms with Crippen LogP contribution in [0.25, 0.3) is 0 Å². The molecule has 0 saturated heterocycles. The third-order valence-electron chi connectivity index (χ3n) is 3.15. The smallest absolute Gasteiger partial charge is 0.251 e. The van der Waals surface area contributed by atoms with Gasteiger partial charge in [-0.3, -0.25) is 4.79 Å². The van der Waals surface area contributed by atoms with Gasteiger partial charge in [0, 0.05) is 13.6 Å². The number of phenolic OH excluding ortho intramolecular Hbond substituents is 2. The number of likely N-dealkylation sites (N-methyl/N-ethyl adjacent to an activating group) is 1. The molecule has 0 fully saturated rings. The van der Waals surface area contributed by atoms with Crippen LogP contribution in [0.5, 0.6) is 11.5 Å². The average Bonchev–Trinajstić information content (AvgIpc) is 3.00. The third kappa shape index (κ3) is 3.65. The van der Waals surface area contributed by atoms with Crippen LogP contribution in [0.1, 0.15) is 32.4 Å². The molecule has 0 spiro atoms. The second-order valence-electron chi connectivity index (χ2n) is 4.36. The average molecular weight is 294 g/mol. The maximum absolute atomic E-state index is 12.1. The quantitative estimate of drug-likeness (QED) is 0.836. The van der Waals surface area contributed by atoms with Gasteiger partial charge in [-0.25, -0.2) is 4.99 Å². The molecule has 0 aromatic heterocycles. The first-order chi connectivity index (χ1) is 10.0. The molecule has 1 aromatic carbocycles. The monoisotopic (exact) mass is 294 g/mol. The highest BCUT2D eigenvalue weighted by Gasteiger charge is 2.35. The van der Waals surface area contributed by atoms with Crippen molar-refractivity contribution in [1.29, 1.82) is 0 Å². The molecule has 1 amide bonds. The summed E-state index contributed by atoms with van der Waals surface area (Å²) in [6.45, 7) is 6.46. The summed E-state index contributed by atoms with van der Waals surface area (Å²) in [5.41, 5.74) is 0.593. The number of rotatable bonds is 3. The number of hydrogen-bond donors (Lipinski definition) is 2. The molecule has 1 aliphatic rings. The van der Waals surface area contributed by atoms with Crippen LogP contribution >= 0.6 is 0 Å². The van der Waals surface area contributed by atoms with E-state index < -0.39 is 12.1 Å². The molecule has 2 rings (SSSR count). The fourth-order valence-corrected chi connectivity index (χ4v) is 1.87. The molecule has 0 radical (unpaired) electrons. The highest BCUT2D eigenvalue weighted by molar-refractivity contribution is 5.85. The lowest BCUT2D eigenvalue weighted by molar-refractivity contribution is -0.132. The normalized spacial score (nSPS) is 19.4. The second-order valence-corrected chi connectivity index (χ2v) is 4.36. The van der Waals surface area contributed by atoms with Crippen LogP contribution in [0.2, 0.25) is 0 Å². The number of phenols is 2. The number of hydrogen-bond acceptors (Lipinski definition) is 5. The van der Waals surface area contributed by atoms with Crippen molar-refractivity contribution in [1.82, 2.24) is 4.90 Å². The van der Waals surface area contributed by atoms with Crippen LogP contribution in [0.15, 0.2) is 23.2 Å². The summed E-state index contributed by atoms with van der Waals surface area (Å²) < 4.78 is 5.33. The Kier molecular flexibility index (Phi) is 6.02. The van der Waals surface area contributed by atoms with Gasteiger partial charge in [0.05, 0.1) is 0 Å². The topological polar surface area (TPSA) is 82.4 Å². The van der Waals surface area contributed by atoms with Crippen molar-refractivity contribution in [2.45, 2.75) is 32.9 Å². The first-order valence-electron chi connectivity index (χ1n) is 6.98. The Balaban J connectivity index is 0.00000106. The molecule has 116 valence electrons. The molecule has 1 heterocycles. The number of ether oxygens (including phenoxy) is 1. The van der Waals surface area contributed by atoms with Crippen molar-refractivity contribution in [2.75, 3.05) is 13.6 Å². The molecule has 6 heteroatoms. The summed E-state index contributed by atoms with van der Waals surface area (Å²) >= 11 is 0. The molecule has 0 bridgehead atoms. The fourth-order valence-electron chi connectivity index (χ4n) is 1.87. The predicted molar refractivity (Wildman–Crippen MR) is 80.5 cm³/mol. The number of amides is 1. The lowest BCUT2D eigenvalue weighted by Crippen LogP contribution is -2.37. The fraction of sp³-hybridized carbons (Fsp3) is 0.467. The van der Waals surface area contributed by atoms with Gasteiger partial charge in [-0.1, -0.05) is 19.9 Å². The molecule has 0 unspecified atom stereocenters. The number of nitrogens with zero attached hydrogens (tertiary/aromatic N) is 2. The summed E-state index contributed by atoms with van der Waals surface area (Å²) in [6.07, 6.45) is 0.675. The van der Waals surface area contributed by atoms with Crippen LogP contribution in [-0.4, -0.2) is 47.1 Å². The lowest BCUT2D eigenvalue weighted by atomic mass is 10.0. The van der Waals surface area contributed by atoms with E-state index in [0.29, 0.717) is 12.1 Å². The third-order valence-corrected chi connectivity index (χ3v) is 3.15. The van der Waals surface area contributed by atoms with Gasteiger partial charge in [-0.2, -0.15) is 0 Å². The van der Waals surface area contributed by atoms with Crippen molar-refractivity contribution >= 4 is 12.3 Å². The largest absolute Gasteiger partial charge is 0.504 e. The van der Waals surface area contributed by atoms with E-state index in [1.54, 1.807) is 18.0 Å². The van der Waals surface area contributed by atoms with Crippen LogP contribution in [-0.2, 0) is 9.53 Å². The van der Waals surface area contributed by atoms with Gasteiger partial charge in [0.15, 0.2) is 30.0 Å². The predicted octanol–water partition coefficient (Wildman–Crippen LogP) is 2.07. The molecule has 2 atom stereocenters. The molecule has 1 aliphatic heterocycles. The van der Waals surface area contributed by atoms with Crippen LogP contribution in [0, 0.1) is 0 Å². The highest BCUT2D eigenvalue weighted by Crippen LogP contribution is 2.33. The molecular weight excluding hydrogens is 272 g/mol. The van der Waals surface area contributed by atoms with Gasteiger partial charge < -0.3 is 19.8 Å². The van der Waals surface area contributed by atoms with Crippen LogP contribution < -0.4 is 0 Å². The molecule has 2 N–H and O–H groups in total. The first kappa shape index (κ1) is 16.8. The Morgan fingerprint density at radius 1 is 1.33 bits per heavy atom. The zero-order chi connectivity index (χ0) is 16.0. The summed E-state index contributed by atoms with van der Waals surface area (Å²) in [6, 6.07) is 3.67. The van der Waals surface area contributed by atoms with Crippen molar-refractivity contribution in [3.63, 3.8) is 0 Å². The molecular formula is C15H22N2O4. The Morgan fingerprint density at radius 2 is 2.00 bits per heavy atom. The van der Waals surface area contributed by atoms with E-state index in [2.05, 4.69) is 4.99 Å². The summed E-state index contributed by atoms with van der Waals surface area (Å²) in [5, 5.41) is 18.8. The summed E-state index contributed by atoms with van der Waals surface area (Å²) in [5.74, 6) is -0.604. The van der Waals surface area contributed by atoms with Crippen molar-refractivity contribution < 1.29 is 19.7 Å². The molecule has 1 aromatic rings. The van der Waals surface area contributed by atoms with Gasteiger partial charge in [-0.05, 0) is 24.6 Å². The van der Waals surface area contributed by atoms with Gasteiger partial charge >= 0.3 is 0 Å². The zero-order valence-corrected chi connectivity index (χ0v) is 12.8. The van der Waals surface area contributed by atoms with E-state index >= 15 is 0 Å². The van der Waals surface area contributed by atoms with E-state index in [1.807, 2.05) is 20.8 Å². The van der Waals surface area contributed by atoms with E-state index in [1.165, 1.54) is 18.5 Å². The number of aromatic hydroxyl groups is 2. The van der Waals surface area contributed by atoms with E-state index in [0.717, 1.165) is 0 Å². The SMILES string of the molecule is CC.CCN(C)C(=O)[C@H]1N=CO[C@@H]1c1ccc(O)c(O)c1. The van der Waals surface area contributed by atoms with Gasteiger partial charge in [0.25, 0.3) is 5.91 Å². The second kappa shape index (κ2) is 7.52. The van der Waals surface area contributed by atoms with Crippen LogP contribution in [0.4, 0.5) is 0 Å². The molecule has 6 nitrogen and oxygen atoms in total. The summed E-state index contributed by atoms with van der Waals surface area (Å²) in [4.78, 5) is 17.7. The standard InChI is InChI=1S/C13H16N2O4.C2H6/c1-3-15(2)13(18)11-12(19-7-14-11)8-4-5-9(16)10(17)6-8;1-2/h4-7,11-12,16-17H,3H2,1-2H3;1-2H3/t11-,12+;/m0./s1. The maximum atomic E-state index is 12.1. The van der Waals surface area contributed by atoms with Crippen LogP contribution in [0.3, 0.4) is 0 Å². The number of aliphatic imine (C=N–C) groups is 1. The summed E-state index contributed by atoms with van der Waals surface area (Å²) in [7, 11) is 1.70. The van der Waals surface area contributed by atoms with E-state index in [9.17, 15) is 15.0 Å². The first-order valence-corrected chi connectivity index (χ1v) is 6.98. The Bertz CT molecular complexity index is 516.